The number of morpholine rings is 1. The number of carboxylic acid groups (broad SMARTS) is 1. The van der Waals surface area contributed by atoms with E-state index in [2.05, 4.69) is 28.9 Å². The van der Waals surface area contributed by atoms with Gasteiger partial charge in [-0.2, -0.15) is 0 Å². The Balaban J connectivity index is 2.06. The molecule has 0 aliphatic carbocycles. The van der Waals surface area contributed by atoms with Crippen molar-refractivity contribution in [1.82, 2.24) is 10.2 Å². The first-order valence-corrected chi connectivity index (χ1v) is 7.33. The van der Waals surface area contributed by atoms with Crippen molar-refractivity contribution < 1.29 is 14.6 Å². The minimum atomic E-state index is -0.844. The van der Waals surface area contributed by atoms with E-state index in [0.29, 0.717) is 17.6 Å². The number of aromatic nitrogens is 2. The van der Waals surface area contributed by atoms with Gasteiger partial charge >= 0.3 is 5.97 Å². The molecule has 2 rings (SSSR count). The number of ether oxygens (including phenoxy) is 1. The van der Waals surface area contributed by atoms with Crippen LogP contribution >= 0.6 is 23.1 Å². The van der Waals surface area contributed by atoms with E-state index in [4.69, 9.17) is 9.84 Å². The fraction of sp³-hybridized carbons (Fsp3) is 0.700. The molecule has 0 unspecified atom stereocenters. The number of thioether (sulfide) groups is 1. The smallest absolute Gasteiger partial charge is 0.313 e. The number of carbonyl (C=O) groups is 1. The zero-order valence-electron chi connectivity index (χ0n) is 10.3. The van der Waals surface area contributed by atoms with Gasteiger partial charge in [0.1, 0.15) is 0 Å². The number of hydrogen-bond donors (Lipinski definition) is 1. The maximum Gasteiger partial charge on any atom is 0.313 e. The summed E-state index contributed by atoms with van der Waals surface area (Å²) >= 11 is 2.63. The molecule has 0 amide bonds. The Morgan fingerprint density at radius 2 is 2.39 bits per heavy atom. The third-order valence-electron chi connectivity index (χ3n) is 2.59. The molecule has 0 radical (unpaired) electrons. The van der Waals surface area contributed by atoms with Crippen molar-refractivity contribution >= 4 is 34.2 Å². The predicted octanol–water partition coefficient (Wildman–Crippen LogP) is 1.33. The Morgan fingerprint density at radius 3 is 3.06 bits per heavy atom. The SMILES string of the molecule is CC1(C)COCCN1c1nnc(SCC(=O)O)s1. The second-order valence-corrected chi connectivity index (χ2v) is 6.73. The maximum absolute atomic E-state index is 10.5. The number of nitrogens with zero attached hydrogens (tertiary/aromatic N) is 3. The molecule has 0 spiro atoms. The molecule has 100 valence electrons. The Labute approximate surface area is 113 Å². The van der Waals surface area contributed by atoms with Crippen LogP contribution in [0.15, 0.2) is 4.34 Å². The van der Waals surface area contributed by atoms with Gasteiger partial charge in [0.15, 0.2) is 4.34 Å². The lowest BCUT2D eigenvalue weighted by Crippen LogP contribution is -2.53. The highest BCUT2D eigenvalue weighted by molar-refractivity contribution is 8.01. The van der Waals surface area contributed by atoms with Gasteiger partial charge in [-0.15, -0.1) is 10.2 Å². The van der Waals surface area contributed by atoms with E-state index in [1.54, 1.807) is 0 Å². The summed E-state index contributed by atoms with van der Waals surface area (Å²) in [6, 6.07) is 0. The molecule has 18 heavy (non-hydrogen) atoms. The van der Waals surface area contributed by atoms with Crippen LogP contribution in [0.3, 0.4) is 0 Å². The monoisotopic (exact) mass is 289 g/mol. The fourth-order valence-electron chi connectivity index (χ4n) is 1.71. The van der Waals surface area contributed by atoms with Gasteiger partial charge in [-0.1, -0.05) is 23.1 Å². The first kappa shape index (κ1) is 13.6. The summed E-state index contributed by atoms with van der Waals surface area (Å²) in [4.78, 5) is 12.7. The normalized spacial score (nSPS) is 18.9. The van der Waals surface area contributed by atoms with Crippen LogP contribution in [0.1, 0.15) is 13.8 Å². The number of rotatable bonds is 4. The molecule has 2 heterocycles. The largest absolute Gasteiger partial charge is 0.481 e. The molecule has 8 heteroatoms. The van der Waals surface area contributed by atoms with Gasteiger partial charge in [0, 0.05) is 6.54 Å². The van der Waals surface area contributed by atoms with Crippen LogP contribution in [-0.4, -0.2) is 52.3 Å². The summed E-state index contributed by atoms with van der Waals surface area (Å²) in [5.74, 6) is -0.829. The number of aliphatic carboxylic acids is 1. The molecule has 1 aromatic heterocycles. The average molecular weight is 289 g/mol. The third kappa shape index (κ3) is 3.12. The lowest BCUT2D eigenvalue weighted by Gasteiger charge is -2.41. The Bertz CT molecular complexity index is 436. The first-order chi connectivity index (χ1) is 8.49. The van der Waals surface area contributed by atoms with Crippen LogP contribution in [0.5, 0.6) is 0 Å². The molecule has 1 saturated heterocycles. The van der Waals surface area contributed by atoms with Crippen LogP contribution in [0.25, 0.3) is 0 Å². The van der Waals surface area contributed by atoms with E-state index >= 15 is 0 Å². The number of hydrogen-bond acceptors (Lipinski definition) is 7. The number of anilines is 1. The summed E-state index contributed by atoms with van der Waals surface area (Å²) < 4.78 is 6.14. The molecule has 1 fully saturated rings. The van der Waals surface area contributed by atoms with E-state index in [0.717, 1.165) is 11.7 Å². The van der Waals surface area contributed by atoms with Crippen molar-refractivity contribution in [3.63, 3.8) is 0 Å². The Hall–Kier alpha value is -0.860. The van der Waals surface area contributed by atoms with Crippen LogP contribution < -0.4 is 4.90 Å². The van der Waals surface area contributed by atoms with Gasteiger partial charge in [-0.25, -0.2) is 0 Å². The van der Waals surface area contributed by atoms with Crippen LogP contribution in [-0.2, 0) is 9.53 Å². The molecule has 0 bridgehead atoms. The van der Waals surface area contributed by atoms with Crippen molar-refractivity contribution in [3.8, 4) is 0 Å². The standard InChI is InChI=1S/C10H15N3O3S2/c1-10(2)6-16-4-3-13(10)8-11-12-9(18-8)17-5-7(14)15/h3-6H2,1-2H3,(H,14,15). The van der Waals surface area contributed by atoms with E-state index in [1.807, 2.05) is 0 Å². The highest BCUT2D eigenvalue weighted by atomic mass is 32.2. The van der Waals surface area contributed by atoms with E-state index in [1.165, 1.54) is 23.1 Å². The molecule has 1 N–H and O–H groups in total. The second kappa shape index (κ2) is 5.41. The molecule has 1 aromatic rings. The summed E-state index contributed by atoms with van der Waals surface area (Å²) in [7, 11) is 0. The molecule has 1 aliphatic rings. The van der Waals surface area contributed by atoms with E-state index < -0.39 is 5.97 Å². The molecule has 0 atom stereocenters. The van der Waals surface area contributed by atoms with Crippen molar-refractivity contribution in [2.75, 3.05) is 30.4 Å². The summed E-state index contributed by atoms with van der Waals surface area (Å²) in [5, 5.41) is 17.6. The van der Waals surface area contributed by atoms with Crippen molar-refractivity contribution in [2.45, 2.75) is 23.7 Å². The molecule has 1 aliphatic heterocycles. The van der Waals surface area contributed by atoms with Gasteiger partial charge < -0.3 is 14.7 Å². The van der Waals surface area contributed by atoms with Crippen LogP contribution in [0.2, 0.25) is 0 Å². The van der Waals surface area contributed by atoms with Crippen molar-refractivity contribution in [1.29, 1.82) is 0 Å². The third-order valence-corrected chi connectivity index (χ3v) is 4.66. The molecule has 0 saturated carbocycles. The molecule has 0 aromatic carbocycles. The van der Waals surface area contributed by atoms with Crippen molar-refractivity contribution in [2.24, 2.45) is 0 Å². The van der Waals surface area contributed by atoms with Crippen molar-refractivity contribution in [3.05, 3.63) is 0 Å². The molecular weight excluding hydrogens is 274 g/mol. The maximum atomic E-state index is 10.5. The Kier molecular flexibility index (Phi) is 4.08. The number of carboxylic acids is 1. The van der Waals surface area contributed by atoms with Gasteiger partial charge in [0.25, 0.3) is 0 Å². The lowest BCUT2D eigenvalue weighted by molar-refractivity contribution is -0.133. The first-order valence-electron chi connectivity index (χ1n) is 5.52. The molecular formula is C10H15N3O3S2. The van der Waals surface area contributed by atoms with Gasteiger partial charge in [0.2, 0.25) is 5.13 Å². The summed E-state index contributed by atoms with van der Waals surface area (Å²) in [5.41, 5.74) is -0.105. The predicted molar refractivity (Wildman–Crippen MR) is 70.5 cm³/mol. The minimum absolute atomic E-state index is 0.0150. The van der Waals surface area contributed by atoms with Gasteiger partial charge in [0.05, 0.1) is 24.5 Å². The molecule has 6 nitrogen and oxygen atoms in total. The van der Waals surface area contributed by atoms with Gasteiger partial charge in [-0.05, 0) is 13.8 Å². The minimum Gasteiger partial charge on any atom is -0.481 e. The zero-order valence-corrected chi connectivity index (χ0v) is 11.9. The highest BCUT2D eigenvalue weighted by Gasteiger charge is 2.32. The zero-order chi connectivity index (χ0) is 13.2. The van der Waals surface area contributed by atoms with E-state index in [-0.39, 0.29) is 11.3 Å². The lowest BCUT2D eigenvalue weighted by atomic mass is 10.0. The quantitative estimate of drug-likeness (QED) is 0.838. The van der Waals surface area contributed by atoms with Gasteiger partial charge in [-0.3, -0.25) is 4.79 Å². The van der Waals surface area contributed by atoms with E-state index in [9.17, 15) is 4.79 Å². The van der Waals surface area contributed by atoms with Crippen LogP contribution in [0, 0.1) is 0 Å². The average Bonchev–Trinajstić information content (AvgIpc) is 2.74. The highest BCUT2D eigenvalue weighted by Crippen LogP contribution is 2.32. The second-order valence-electron chi connectivity index (χ2n) is 4.55. The van der Waals surface area contributed by atoms with Crippen LogP contribution in [0.4, 0.5) is 5.13 Å². The topological polar surface area (TPSA) is 75.5 Å². The Morgan fingerprint density at radius 1 is 1.61 bits per heavy atom. The fourth-order valence-corrected chi connectivity index (χ4v) is 3.46. The summed E-state index contributed by atoms with van der Waals surface area (Å²) in [6.07, 6.45) is 0. The summed E-state index contributed by atoms with van der Waals surface area (Å²) in [6.45, 7) is 6.31.